The molecule has 0 saturated heterocycles. The molecule has 3 aromatic carbocycles. The van der Waals surface area contributed by atoms with Crippen molar-refractivity contribution in [1.29, 1.82) is 0 Å². The first-order valence-corrected chi connectivity index (χ1v) is 8.19. The Morgan fingerprint density at radius 3 is 2.24 bits per heavy atom. The normalized spacial score (nSPS) is 11.0. The summed E-state index contributed by atoms with van der Waals surface area (Å²) in [5.74, 6) is 0. The van der Waals surface area contributed by atoms with Crippen molar-refractivity contribution < 1.29 is 0 Å². The second kappa shape index (κ2) is 6.97. The highest BCUT2D eigenvalue weighted by molar-refractivity contribution is 6.00. The molecule has 1 N–H and O–H groups in total. The lowest BCUT2D eigenvalue weighted by molar-refractivity contribution is 1.34. The van der Waals surface area contributed by atoms with Crippen LogP contribution in [0.1, 0.15) is 5.56 Å². The van der Waals surface area contributed by atoms with E-state index in [2.05, 4.69) is 34.8 Å². The fourth-order valence-corrected chi connectivity index (χ4v) is 2.75. The Bertz CT molecular complexity index is 1010. The number of hydrogen-bond donors (Lipinski definition) is 1. The molecule has 3 nitrogen and oxygen atoms in total. The minimum atomic E-state index is 0.945. The van der Waals surface area contributed by atoms with Gasteiger partial charge in [0.1, 0.15) is 0 Å². The number of fused-ring (bicyclic) bond motifs is 1. The van der Waals surface area contributed by atoms with Crippen molar-refractivity contribution in [2.24, 2.45) is 5.10 Å². The van der Waals surface area contributed by atoms with Crippen LogP contribution < -0.4 is 5.43 Å². The summed E-state index contributed by atoms with van der Waals surface area (Å²) in [5.41, 5.74) is 8.06. The largest absolute Gasteiger partial charge is 0.279 e. The zero-order chi connectivity index (χ0) is 16.9. The Morgan fingerprint density at radius 1 is 0.760 bits per heavy atom. The Kier molecular flexibility index (Phi) is 4.21. The maximum atomic E-state index is 4.79. The molecule has 4 rings (SSSR count). The number of aromatic nitrogens is 1. The number of anilines is 1. The quantitative estimate of drug-likeness (QED) is 0.406. The van der Waals surface area contributed by atoms with Crippen LogP contribution in [0.3, 0.4) is 0 Å². The van der Waals surface area contributed by atoms with Crippen molar-refractivity contribution in [3.8, 4) is 11.3 Å². The number of nitrogens with zero attached hydrogens (tertiary/aromatic N) is 2. The fourth-order valence-electron chi connectivity index (χ4n) is 2.75. The Labute approximate surface area is 146 Å². The predicted octanol–water partition coefficient (Wildman–Crippen LogP) is 5.35. The smallest absolute Gasteiger partial charge is 0.0716 e. The van der Waals surface area contributed by atoms with Crippen LogP contribution in [-0.4, -0.2) is 11.2 Å². The molecule has 0 spiro atoms. The van der Waals surface area contributed by atoms with Gasteiger partial charge < -0.3 is 0 Å². The molecule has 0 saturated carbocycles. The van der Waals surface area contributed by atoms with Gasteiger partial charge in [0.05, 0.1) is 23.1 Å². The van der Waals surface area contributed by atoms with Gasteiger partial charge in [0.25, 0.3) is 0 Å². The Balaban J connectivity index is 1.74. The molecule has 1 heterocycles. The molecule has 0 fully saturated rings. The number of hydrogen-bond acceptors (Lipinski definition) is 3. The van der Waals surface area contributed by atoms with E-state index >= 15 is 0 Å². The lowest BCUT2D eigenvalue weighted by atomic mass is 10.0. The average molecular weight is 323 g/mol. The molecule has 120 valence electrons. The summed E-state index contributed by atoms with van der Waals surface area (Å²) in [4.78, 5) is 4.79. The molecule has 4 aromatic rings. The summed E-state index contributed by atoms with van der Waals surface area (Å²) in [7, 11) is 0. The van der Waals surface area contributed by atoms with E-state index in [1.807, 2.05) is 72.9 Å². The highest BCUT2D eigenvalue weighted by Gasteiger charge is 2.05. The highest BCUT2D eigenvalue weighted by Crippen LogP contribution is 2.23. The fraction of sp³-hybridized carbons (Fsp3) is 0. The third kappa shape index (κ3) is 3.40. The van der Waals surface area contributed by atoms with E-state index in [0.717, 1.165) is 33.4 Å². The molecule has 0 atom stereocenters. The number of para-hydroxylation sites is 2. The van der Waals surface area contributed by atoms with Crippen molar-refractivity contribution in [1.82, 2.24) is 4.98 Å². The van der Waals surface area contributed by atoms with Gasteiger partial charge in [-0.05, 0) is 24.3 Å². The molecule has 25 heavy (non-hydrogen) atoms. The van der Waals surface area contributed by atoms with Crippen molar-refractivity contribution in [3.05, 3.63) is 96.6 Å². The molecule has 3 heteroatoms. The summed E-state index contributed by atoms with van der Waals surface area (Å²) in [6.07, 6.45) is 1.85. The summed E-state index contributed by atoms with van der Waals surface area (Å²) in [5, 5.41) is 5.48. The van der Waals surface area contributed by atoms with Crippen LogP contribution in [-0.2, 0) is 0 Å². The van der Waals surface area contributed by atoms with Crippen LogP contribution in [0.25, 0.3) is 22.2 Å². The van der Waals surface area contributed by atoms with Crippen LogP contribution >= 0.6 is 0 Å². The van der Waals surface area contributed by atoms with E-state index in [4.69, 9.17) is 4.98 Å². The first-order valence-electron chi connectivity index (χ1n) is 8.19. The van der Waals surface area contributed by atoms with Crippen molar-refractivity contribution in [2.45, 2.75) is 0 Å². The van der Waals surface area contributed by atoms with Crippen LogP contribution in [0, 0.1) is 0 Å². The van der Waals surface area contributed by atoms with Gasteiger partial charge in [0.2, 0.25) is 0 Å². The van der Waals surface area contributed by atoms with Gasteiger partial charge in [0, 0.05) is 16.5 Å². The van der Waals surface area contributed by atoms with E-state index in [9.17, 15) is 0 Å². The van der Waals surface area contributed by atoms with Gasteiger partial charge >= 0.3 is 0 Å². The lowest BCUT2D eigenvalue weighted by Gasteiger charge is -2.07. The maximum Gasteiger partial charge on any atom is 0.0716 e. The van der Waals surface area contributed by atoms with E-state index in [1.165, 1.54) is 0 Å². The van der Waals surface area contributed by atoms with Crippen LogP contribution in [0.2, 0.25) is 0 Å². The van der Waals surface area contributed by atoms with Gasteiger partial charge in [-0.2, -0.15) is 5.10 Å². The minimum Gasteiger partial charge on any atom is -0.279 e. The lowest BCUT2D eigenvalue weighted by Crippen LogP contribution is -1.94. The molecular formula is C22H17N3. The van der Waals surface area contributed by atoms with E-state index in [1.54, 1.807) is 0 Å². The molecule has 0 aliphatic rings. The van der Waals surface area contributed by atoms with Gasteiger partial charge in [-0.25, -0.2) is 4.98 Å². The van der Waals surface area contributed by atoms with Crippen molar-refractivity contribution in [3.63, 3.8) is 0 Å². The third-order valence-electron chi connectivity index (χ3n) is 3.99. The monoisotopic (exact) mass is 323 g/mol. The van der Waals surface area contributed by atoms with Gasteiger partial charge in [-0.1, -0.05) is 66.7 Å². The summed E-state index contributed by atoms with van der Waals surface area (Å²) in [6.45, 7) is 0. The SMILES string of the molecule is C(=N\Nc1ccccc1)/c1cc(-c2ccccc2)nc2ccccc12. The van der Waals surface area contributed by atoms with Crippen LogP contribution in [0.15, 0.2) is 96.1 Å². The summed E-state index contributed by atoms with van der Waals surface area (Å²) >= 11 is 0. The second-order valence-corrected chi connectivity index (χ2v) is 5.72. The van der Waals surface area contributed by atoms with Gasteiger partial charge in [0.15, 0.2) is 0 Å². The molecular weight excluding hydrogens is 306 g/mol. The zero-order valence-corrected chi connectivity index (χ0v) is 13.6. The standard InChI is InChI=1S/C22H17N3/c1-3-9-17(10-4-1)22-15-18(20-13-7-8-14-21(20)24-22)16-23-25-19-11-5-2-6-12-19/h1-16,25H/b23-16+. The first-order chi connectivity index (χ1) is 12.4. The van der Waals surface area contributed by atoms with Gasteiger partial charge in [-0.15, -0.1) is 0 Å². The summed E-state index contributed by atoms with van der Waals surface area (Å²) < 4.78 is 0. The molecule has 0 aliphatic heterocycles. The molecule has 0 unspecified atom stereocenters. The molecule has 1 aromatic heterocycles. The number of hydrazone groups is 1. The highest BCUT2D eigenvalue weighted by atomic mass is 15.3. The molecule has 0 aliphatic carbocycles. The van der Waals surface area contributed by atoms with Gasteiger partial charge in [-0.3, -0.25) is 5.43 Å². The predicted molar refractivity (Wildman–Crippen MR) is 105 cm³/mol. The summed E-state index contributed by atoms with van der Waals surface area (Å²) in [6, 6.07) is 30.3. The Morgan fingerprint density at radius 2 is 1.44 bits per heavy atom. The minimum absolute atomic E-state index is 0.945. The van der Waals surface area contributed by atoms with E-state index in [0.29, 0.717) is 0 Å². The second-order valence-electron chi connectivity index (χ2n) is 5.72. The number of nitrogens with one attached hydrogen (secondary N) is 1. The van der Waals surface area contributed by atoms with E-state index < -0.39 is 0 Å². The van der Waals surface area contributed by atoms with E-state index in [-0.39, 0.29) is 0 Å². The molecule has 0 amide bonds. The average Bonchev–Trinajstić information content (AvgIpc) is 2.69. The number of pyridine rings is 1. The Hall–Kier alpha value is -3.46. The van der Waals surface area contributed by atoms with Crippen LogP contribution in [0.5, 0.6) is 0 Å². The third-order valence-corrected chi connectivity index (χ3v) is 3.99. The molecule has 0 bridgehead atoms. The van der Waals surface area contributed by atoms with Crippen molar-refractivity contribution in [2.75, 3.05) is 5.43 Å². The van der Waals surface area contributed by atoms with Crippen molar-refractivity contribution >= 4 is 22.8 Å². The number of rotatable bonds is 4. The number of benzene rings is 3. The zero-order valence-electron chi connectivity index (χ0n) is 13.6. The van der Waals surface area contributed by atoms with Crippen LogP contribution in [0.4, 0.5) is 5.69 Å². The topological polar surface area (TPSA) is 37.3 Å². The maximum absolute atomic E-state index is 4.79. The molecule has 0 radical (unpaired) electrons. The first kappa shape index (κ1) is 15.1.